The van der Waals surface area contributed by atoms with Crippen molar-refractivity contribution in [2.24, 2.45) is 0 Å². The Morgan fingerprint density at radius 2 is 1.93 bits per heavy atom. The molecule has 0 spiro atoms. The topological polar surface area (TPSA) is 124 Å². The Kier molecular flexibility index (Phi) is 4.06. The van der Waals surface area contributed by atoms with Crippen LogP contribution in [0.4, 0.5) is 5.82 Å². The molecule has 9 nitrogen and oxygen atoms in total. The van der Waals surface area contributed by atoms with Crippen LogP contribution >= 0.6 is 0 Å². The van der Waals surface area contributed by atoms with Gasteiger partial charge >= 0.3 is 0 Å². The molecule has 0 radical (unpaired) electrons. The van der Waals surface area contributed by atoms with Crippen molar-refractivity contribution in [3.05, 3.63) is 79.4 Å². The molecule has 5 rings (SSSR count). The Bertz CT molecular complexity index is 1380. The number of nitrogens with zero attached hydrogens (tertiary/aromatic N) is 7. The first kappa shape index (κ1) is 17.7. The van der Waals surface area contributed by atoms with Crippen molar-refractivity contribution in [3.63, 3.8) is 0 Å². The fourth-order valence-electron chi connectivity index (χ4n) is 3.24. The van der Waals surface area contributed by atoms with Crippen molar-refractivity contribution in [1.82, 2.24) is 39.5 Å². The number of aryl methyl sites for hydroxylation is 1. The van der Waals surface area contributed by atoms with Gasteiger partial charge in [0.15, 0.2) is 5.82 Å². The molecule has 0 aliphatic rings. The molecule has 0 saturated heterocycles. The minimum atomic E-state index is 0.365. The fourth-order valence-corrected chi connectivity index (χ4v) is 3.24. The number of nitrogen functional groups attached to an aromatic ring is 1. The first-order valence-electron chi connectivity index (χ1n) is 9.16. The van der Waals surface area contributed by atoms with Crippen molar-refractivity contribution in [3.8, 4) is 16.9 Å². The highest BCUT2D eigenvalue weighted by Gasteiger charge is 2.16. The summed E-state index contributed by atoms with van der Waals surface area (Å²) in [5, 5.41) is 0. The number of nitrogens with two attached hydrogens (primary N) is 1. The average molecular weight is 395 g/mol. The first-order valence-corrected chi connectivity index (χ1v) is 9.16. The van der Waals surface area contributed by atoms with E-state index in [0.717, 1.165) is 22.3 Å². The highest BCUT2D eigenvalue weighted by atomic mass is 15.1. The summed E-state index contributed by atoms with van der Waals surface area (Å²) in [7, 11) is 0. The zero-order chi connectivity index (χ0) is 20.7. The normalized spacial score (nSPS) is 11.1. The van der Waals surface area contributed by atoms with Gasteiger partial charge in [0.05, 0.1) is 11.2 Å². The van der Waals surface area contributed by atoms with E-state index >= 15 is 0 Å². The number of rotatable bonds is 4. The van der Waals surface area contributed by atoms with Crippen molar-refractivity contribution in [2.75, 3.05) is 5.73 Å². The van der Waals surface area contributed by atoms with Crippen LogP contribution in [0.1, 0.15) is 17.1 Å². The number of pyridine rings is 2. The molecule has 0 bridgehead atoms. The average Bonchev–Trinajstić information content (AvgIpc) is 3.40. The number of aromatic amines is 1. The van der Waals surface area contributed by atoms with Gasteiger partial charge < -0.3 is 10.7 Å². The Hall–Kier alpha value is -4.40. The van der Waals surface area contributed by atoms with Gasteiger partial charge in [-0.05, 0) is 19.1 Å². The molecule has 5 aromatic heterocycles. The van der Waals surface area contributed by atoms with Gasteiger partial charge in [-0.15, -0.1) is 0 Å². The molecule has 0 aliphatic heterocycles. The molecular weight excluding hydrogens is 378 g/mol. The highest BCUT2D eigenvalue weighted by Crippen LogP contribution is 2.30. The quantitative estimate of drug-likeness (QED) is 0.479. The second kappa shape index (κ2) is 6.89. The van der Waals surface area contributed by atoms with Gasteiger partial charge in [0.2, 0.25) is 0 Å². The first-order chi connectivity index (χ1) is 14.6. The van der Waals surface area contributed by atoms with Crippen molar-refractivity contribution in [1.29, 1.82) is 0 Å². The lowest BCUT2D eigenvalue weighted by molar-refractivity contribution is 1.00. The number of imidazole rings is 2. The maximum atomic E-state index is 6.15. The number of nitrogens with one attached hydrogen (secondary N) is 1. The maximum Gasteiger partial charge on any atom is 0.166 e. The highest BCUT2D eigenvalue weighted by molar-refractivity contribution is 5.89. The third-order valence-corrected chi connectivity index (χ3v) is 4.76. The van der Waals surface area contributed by atoms with E-state index in [1.165, 1.54) is 6.33 Å². The second-order valence-electron chi connectivity index (χ2n) is 6.80. The molecule has 0 fully saturated rings. The van der Waals surface area contributed by atoms with E-state index < -0.39 is 0 Å². The molecule has 5 aromatic rings. The number of aromatic nitrogens is 8. The van der Waals surface area contributed by atoms with Gasteiger partial charge in [0.25, 0.3) is 0 Å². The lowest BCUT2D eigenvalue weighted by atomic mass is 10.0. The molecule has 5 heterocycles. The van der Waals surface area contributed by atoms with Gasteiger partial charge in [0, 0.05) is 53.2 Å². The lowest BCUT2D eigenvalue weighted by Gasteiger charge is -2.09. The predicted octanol–water partition coefficient (Wildman–Crippen LogP) is 2.95. The summed E-state index contributed by atoms with van der Waals surface area (Å²) in [4.78, 5) is 29.2. The zero-order valence-electron chi connectivity index (χ0n) is 16.1. The predicted molar refractivity (Wildman–Crippen MR) is 114 cm³/mol. The number of fused-ring (bicyclic) bond motifs is 1. The molecule has 9 heteroatoms. The molecule has 0 aliphatic carbocycles. The summed E-state index contributed by atoms with van der Waals surface area (Å²) in [6.07, 6.45) is 12.0. The van der Waals surface area contributed by atoms with E-state index in [9.17, 15) is 0 Å². The fraction of sp³-hybridized carbons (Fsp3) is 0.0476. The molecule has 3 N–H and O–H groups in total. The summed E-state index contributed by atoms with van der Waals surface area (Å²) in [5.74, 6) is 1.64. The maximum absolute atomic E-state index is 6.15. The Morgan fingerprint density at radius 1 is 1.10 bits per heavy atom. The van der Waals surface area contributed by atoms with Crippen LogP contribution in [0.25, 0.3) is 33.6 Å². The van der Waals surface area contributed by atoms with Crippen molar-refractivity contribution < 1.29 is 0 Å². The van der Waals surface area contributed by atoms with Crippen molar-refractivity contribution >= 4 is 22.4 Å². The van der Waals surface area contributed by atoms with Crippen LogP contribution < -0.4 is 5.73 Å². The Labute approximate surface area is 171 Å². The number of H-pyrrole nitrogens is 1. The van der Waals surface area contributed by atoms with Crippen LogP contribution in [-0.4, -0.2) is 39.5 Å². The zero-order valence-corrected chi connectivity index (χ0v) is 16.1. The number of hydrogen-bond donors (Lipinski definition) is 2. The summed E-state index contributed by atoms with van der Waals surface area (Å²) in [6, 6.07) is 3.78. The molecule has 0 amide bonds. The van der Waals surface area contributed by atoms with E-state index in [-0.39, 0.29) is 0 Å². The van der Waals surface area contributed by atoms with Gasteiger partial charge in [0.1, 0.15) is 29.8 Å². The van der Waals surface area contributed by atoms with Crippen LogP contribution in [0.5, 0.6) is 0 Å². The van der Waals surface area contributed by atoms with Gasteiger partial charge in [-0.2, -0.15) is 0 Å². The number of hydrogen-bond acceptors (Lipinski definition) is 7. The van der Waals surface area contributed by atoms with Crippen LogP contribution in [0, 0.1) is 6.92 Å². The van der Waals surface area contributed by atoms with Gasteiger partial charge in [-0.1, -0.05) is 6.58 Å². The molecular formula is C21H17N9. The van der Waals surface area contributed by atoms with Crippen molar-refractivity contribution in [2.45, 2.75) is 6.92 Å². The molecule has 0 unspecified atom stereocenters. The van der Waals surface area contributed by atoms with Crippen LogP contribution in [0.3, 0.4) is 0 Å². The smallest absolute Gasteiger partial charge is 0.166 e. The van der Waals surface area contributed by atoms with Crippen LogP contribution in [0.15, 0.2) is 62.4 Å². The van der Waals surface area contributed by atoms with Gasteiger partial charge in [-0.25, -0.2) is 29.9 Å². The molecule has 0 atom stereocenters. The minimum absolute atomic E-state index is 0.365. The minimum Gasteiger partial charge on any atom is -0.383 e. The SMILES string of the molecule is C=C(c1nc2c(-n3cnc(C)c3)nccc2[nH]1)c1cc(-c2cncnc2)cnc1N. The number of anilines is 1. The largest absolute Gasteiger partial charge is 0.383 e. The standard InChI is InChI=1S/C21H17N9/c1-12-9-30(11-27-12)21-18-17(3-4-25-21)28-20(29-18)13(2)16-5-14(8-26-19(16)22)15-6-23-10-24-7-15/h3-11H,2H2,1H3,(H2,22,26)(H,28,29). The van der Waals surface area contributed by atoms with E-state index in [4.69, 9.17) is 10.7 Å². The summed E-state index contributed by atoms with van der Waals surface area (Å²) in [6.45, 7) is 6.13. The third-order valence-electron chi connectivity index (χ3n) is 4.76. The second-order valence-corrected chi connectivity index (χ2v) is 6.80. The Balaban J connectivity index is 1.59. The van der Waals surface area contributed by atoms with Crippen LogP contribution in [0.2, 0.25) is 0 Å². The van der Waals surface area contributed by atoms with E-state index in [0.29, 0.717) is 34.1 Å². The summed E-state index contributed by atoms with van der Waals surface area (Å²) in [5.41, 5.74) is 11.6. The van der Waals surface area contributed by atoms with E-state index in [2.05, 4.69) is 36.5 Å². The van der Waals surface area contributed by atoms with Gasteiger partial charge in [-0.3, -0.25) is 4.57 Å². The molecule has 30 heavy (non-hydrogen) atoms. The lowest BCUT2D eigenvalue weighted by Crippen LogP contribution is -2.00. The summed E-state index contributed by atoms with van der Waals surface area (Å²) < 4.78 is 1.84. The van der Waals surface area contributed by atoms with E-state index in [1.807, 2.05) is 29.8 Å². The Morgan fingerprint density at radius 3 is 2.70 bits per heavy atom. The molecule has 0 aromatic carbocycles. The van der Waals surface area contributed by atoms with E-state index in [1.54, 1.807) is 31.1 Å². The third kappa shape index (κ3) is 2.98. The van der Waals surface area contributed by atoms with Crippen LogP contribution in [-0.2, 0) is 0 Å². The molecule has 0 saturated carbocycles. The monoisotopic (exact) mass is 395 g/mol. The summed E-state index contributed by atoms with van der Waals surface area (Å²) >= 11 is 0. The molecule has 146 valence electrons.